The van der Waals surface area contributed by atoms with Crippen molar-refractivity contribution >= 4 is 15.9 Å². The number of hydrogen-bond donors (Lipinski definition) is 0. The molecule has 0 aliphatic rings. The van der Waals surface area contributed by atoms with Crippen molar-refractivity contribution in [3.8, 4) is 0 Å². The Balaban J connectivity index is 3.26. The molecule has 0 atom stereocenters. The molecule has 0 saturated carbocycles. The van der Waals surface area contributed by atoms with Gasteiger partial charge in [0.1, 0.15) is 5.82 Å². The quantitative estimate of drug-likeness (QED) is 0.668. The van der Waals surface area contributed by atoms with Crippen LogP contribution in [0.3, 0.4) is 0 Å². The van der Waals surface area contributed by atoms with Gasteiger partial charge in [-0.05, 0) is 22.0 Å². The maximum atomic E-state index is 13.0. The van der Waals surface area contributed by atoms with Crippen molar-refractivity contribution in [1.82, 2.24) is 4.98 Å². The third-order valence-corrected chi connectivity index (χ3v) is 2.31. The van der Waals surface area contributed by atoms with Crippen molar-refractivity contribution in [2.75, 3.05) is 0 Å². The molecule has 0 aliphatic heterocycles. The summed E-state index contributed by atoms with van der Waals surface area (Å²) in [5.41, 5.74) is 0.628. The predicted molar refractivity (Wildman–Crippen MR) is 50.6 cm³/mol. The van der Waals surface area contributed by atoms with Crippen LogP contribution in [0.4, 0.5) is 4.39 Å². The lowest BCUT2D eigenvalue weighted by molar-refractivity contribution is 0.544. The van der Waals surface area contributed by atoms with Crippen LogP contribution in [-0.4, -0.2) is 4.98 Å². The monoisotopic (exact) mass is 231 g/mol. The fraction of sp³-hybridized carbons (Fsp3) is 0.444. The van der Waals surface area contributed by atoms with Crippen LogP contribution in [0.15, 0.2) is 16.7 Å². The molecule has 0 spiro atoms. The van der Waals surface area contributed by atoms with E-state index >= 15 is 0 Å². The van der Waals surface area contributed by atoms with Crippen molar-refractivity contribution in [3.63, 3.8) is 0 Å². The highest BCUT2D eigenvalue weighted by atomic mass is 79.9. The molecule has 12 heavy (non-hydrogen) atoms. The van der Waals surface area contributed by atoms with Gasteiger partial charge < -0.3 is 0 Å². The Hall–Kier alpha value is -0.440. The van der Waals surface area contributed by atoms with Crippen LogP contribution in [-0.2, 0) is 5.41 Å². The van der Waals surface area contributed by atoms with E-state index in [2.05, 4.69) is 20.9 Å². The fourth-order valence-corrected chi connectivity index (χ4v) is 1.77. The van der Waals surface area contributed by atoms with Gasteiger partial charge in [-0.15, -0.1) is 0 Å². The summed E-state index contributed by atoms with van der Waals surface area (Å²) in [6, 6.07) is 1.35. The first kappa shape index (κ1) is 9.65. The average Bonchev–Trinajstić information content (AvgIpc) is 1.92. The van der Waals surface area contributed by atoms with Crippen molar-refractivity contribution in [2.45, 2.75) is 26.2 Å². The molecule has 0 N–H and O–H groups in total. The van der Waals surface area contributed by atoms with E-state index in [9.17, 15) is 4.39 Å². The van der Waals surface area contributed by atoms with E-state index in [4.69, 9.17) is 0 Å². The minimum atomic E-state index is -0.255. The van der Waals surface area contributed by atoms with E-state index in [0.717, 1.165) is 5.69 Å². The van der Waals surface area contributed by atoms with Gasteiger partial charge in [0.15, 0.2) is 0 Å². The Labute approximate surface area is 80.1 Å². The molecule has 1 rings (SSSR count). The summed E-state index contributed by atoms with van der Waals surface area (Å²) in [6.07, 6.45) is 1.49. The zero-order valence-electron chi connectivity index (χ0n) is 7.36. The molecular formula is C9H11BrFN. The Morgan fingerprint density at radius 1 is 1.42 bits per heavy atom. The summed E-state index contributed by atoms with van der Waals surface area (Å²) in [4.78, 5) is 4.12. The Kier molecular flexibility index (Phi) is 2.52. The average molecular weight is 232 g/mol. The molecular weight excluding hydrogens is 221 g/mol. The lowest BCUT2D eigenvalue weighted by Crippen LogP contribution is -2.14. The van der Waals surface area contributed by atoms with Crippen molar-refractivity contribution in [3.05, 3.63) is 28.2 Å². The molecule has 1 aromatic heterocycles. The first-order chi connectivity index (χ1) is 5.43. The first-order valence-corrected chi connectivity index (χ1v) is 4.52. The fourth-order valence-electron chi connectivity index (χ4n) is 0.943. The summed E-state index contributed by atoms with van der Waals surface area (Å²) >= 11 is 3.18. The minimum absolute atomic E-state index is 0.124. The molecule has 1 nitrogen and oxygen atoms in total. The summed E-state index contributed by atoms with van der Waals surface area (Å²) in [7, 11) is 0. The molecule has 0 amide bonds. The maximum absolute atomic E-state index is 13.0. The van der Waals surface area contributed by atoms with Gasteiger partial charge in [-0.1, -0.05) is 20.8 Å². The second-order valence-electron chi connectivity index (χ2n) is 3.71. The van der Waals surface area contributed by atoms with Crippen LogP contribution in [0.1, 0.15) is 26.5 Å². The van der Waals surface area contributed by atoms with Crippen LogP contribution in [0, 0.1) is 5.82 Å². The zero-order chi connectivity index (χ0) is 9.35. The SMILES string of the molecule is CC(C)(C)c1nccc(F)c1Br. The summed E-state index contributed by atoms with van der Waals surface area (Å²) in [5, 5.41) is 0. The molecule has 0 unspecified atom stereocenters. The van der Waals surface area contributed by atoms with Crippen LogP contribution >= 0.6 is 15.9 Å². The molecule has 66 valence electrons. The number of halogens is 2. The number of rotatable bonds is 0. The standard InChI is InChI=1S/C9H11BrFN/c1-9(2,3)8-7(10)6(11)4-5-12-8/h4-5H,1-3H3. The van der Waals surface area contributed by atoms with E-state index in [1.165, 1.54) is 12.3 Å². The Morgan fingerprint density at radius 2 is 2.00 bits per heavy atom. The topological polar surface area (TPSA) is 12.9 Å². The molecule has 0 bridgehead atoms. The smallest absolute Gasteiger partial charge is 0.140 e. The van der Waals surface area contributed by atoms with E-state index < -0.39 is 0 Å². The first-order valence-electron chi connectivity index (χ1n) is 3.73. The number of pyridine rings is 1. The van der Waals surface area contributed by atoms with E-state index in [1.807, 2.05) is 20.8 Å². The minimum Gasteiger partial charge on any atom is -0.259 e. The van der Waals surface area contributed by atoms with Crippen LogP contribution in [0.5, 0.6) is 0 Å². The largest absolute Gasteiger partial charge is 0.259 e. The summed E-state index contributed by atoms with van der Waals surface area (Å²) in [6.45, 7) is 6.00. The molecule has 0 fully saturated rings. The summed E-state index contributed by atoms with van der Waals surface area (Å²) in [5.74, 6) is -0.255. The lowest BCUT2D eigenvalue weighted by Gasteiger charge is -2.18. The van der Waals surface area contributed by atoms with Crippen molar-refractivity contribution < 1.29 is 4.39 Å². The van der Waals surface area contributed by atoms with Gasteiger partial charge in [0.25, 0.3) is 0 Å². The van der Waals surface area contributed by atoms with Gasteiger partial charge >= 0.3 is 0 Å². The zero-order valence-corrected chi connectivity index (χ0v) is 8.94. The molecule has 1 aromatic rings. The van der Waals surface area contributed by atoms with Crippen molar-refractivity contribution in [1.29, 1.82) is 0 Å². The Morgan fingerprint density at radius 3 is 2.42 bits per heavy atom. The van der Waals surface area contributed by atoms with Gasteiger partial charge in [0.05, 0.1) is 10.2 Å². The van der Waals surface area contributed by atoms with E-state index in [-0.39, 0.29) is 11.2 Å². The van der Waals surface area contributed by atoms with Gasteiger partial charge in [0.2, 0.25) is 0 Å². The van der Waals surface area contributed by atoms with Crippen LogP contribution < -0.4 is 0 Å². The summed E-state index contributed by atoms with van der Waals surface area (Å²) < 4.78 is 13.5. The number of nitrogens with zero attached hydrogens (tertiary/aromatic N) is 1. The van der Waals surface area contributed by atoms with Crippen LogP contribution in [0.2, 0.25) is 0 Å². The van der Waals surface area contributed by atoms with Crippen LogP contribution in [0.25, 0.3) is 0 Å². The highest BCUT2D eigenvalue weighted by Gasteiger charge is 2.20. The maximum Gasteiger partial charge on any atom is 0.140 e. The second-order valence-corrected chi connectivity index (χ2v) is 4.50. The van der Waals surface area contributed by atoms with Gasteiger partial charge in [-0.25, -0.2) is 4.39 Å². The third-order valence-electron chi connectivity index (χ3n) is 1.55. The third kappa shape index (κ3) is 1.83. The molecule has 0 aromatic carbocycles. The molecule has 0 aliphatic carbocycles. The molecule has 1 heterocycles. The molecule has 0 radical (unpaired) electrons. The second kappa shape index (κ2) is 3.13. The van der Waals surface area contributed by atoms with Gasteiger partial charge in [-0.3, -0.25) is 4.98 Å². The highest BCUT2D eigenvalue weighted by Crippen LogP contribution is 2.28. The number of hydrogen-bond acceptors (Lipinski definition) is 1. The number of aromatic nitrogens is 1. The van der Waals surface area contributed by atoms with Gasteiger partial charge in [0, 0.05) is 11.6 Å². The van der Waals surface area contributed by atoms with Crippen molar-refractivity contribution in [2.24, 2.45) is 0 Å². The van der Waals surface area contributed by atoms with Gasteiger partial charge in [-0.2, -0.15) is 0 Å². The molecule has 0 saturated heterocycles. The highest BCUT2D eigenvalue weighted by molar-refractivity contribution is 9.10. The normalized spacial score (nSPS) is 11.8. The predicted octanol–water partition coefficient (Wildman–Crippen LogP) is 3.28. The van der Waals surface area contributed by atoms with E-state index in [0.29, 0.717) is 4.47 Å². The van der Waals surface area contributed by atoms with E-state index in [1.54, 1.807) is 0 Å². The molecule has 3 heteroatoms. The lowest BCUT2D eigenvalue weighted by atomic mass is 9.92. The Bertz CT molecular complexity index is 291.